The molecule has 1 aliphatic carbocycles. The van der Waals surface area contributed by atoms with Crippen LogP contribution in [0.15, 0.2) is 34.9 Å². The zero-order valence-electron chi connectivity index (χ0n) is 18.9. The van der Waals surface area contributed by atoms with Gasteiger partial charge in [-0.3, -0.25) is 9.59 Å². The Kier molecular flexibility index (Phi) is 4.87. The monoisotopic (exact) mass is 420 g/mol. The zero-order valence-corrected chi connectivity index (χ0v) is 18.9. The van der Waals surface area contributed by atoms with Crippen LogP contribution in [0.2, 0.25) is 0 Å². The van der Waals surface area contributed by atoms with Crippen molar-refractivity contribution >= 4 is 17.5 Å². The van der Waals surface area contributed by atoms with Crippen LogP contribution in [-0.2, 0) is 11.8 Å². The van der Waals surface area contributed by atoms with Crippen LogP contribution in [0.5, 0.6) is 0 Å². The van der Waals surface area contributed by atoms with Gasteiger partial charge >= 0.3 is 0 Å². The lowest BCUT2D eigenvalue weighted by Crippen LogP contribution is -2.26. The minimum atomic E-state index is -0.407. The van der Waals surface area contributed by atoms with Crippen LogP contribution in [0, 0.1) is 12.3 Å². The maximum absolute atomic E-state index is 13.2. The van der Waals surface area contributed by atoms with Crippen molar-refractivity contribution in [3.05, 3.63) is 58.8 Å². The number of carbonyl (C=O) groups excluding carboxylic acids is 2. The van der Waals surface area contributed by atoms with E-state index in [4.69, 9.17) is 4.42 Å². The Hall–Kier alpha value is -3.22. The summed E-state index contributed by atoms with van der Waals surface area (Å²) in [5.74, 6) is 1.48. The van der Waals surface area contributed by atoms with E-state index in [9.17, 15) is 9.59 Å². The average Bonchev–Trinajstić information content (AvgIpc) is 3.23. The van der Waals surface area contributed by atoms with Gasteiger partial charge in [-0.05, 0) is 24.5 Å². The summed E-state index contributed by atoms with van der Waals surface area (Å²) in [5.41, 5.74) is 1.57. The lowest BCUT2D eigenvalue weighted by Gasteiger charge is -2.27. The Balaban J connectivity index is 1.72. The van der Waals surface area contributed by atoms with Crippen LogP contribution < -0.4 is 5.32 Å². The fourth-order valence-corrected chi connectivity index (χ4v) is 3.96. The Morgan fingerprint density at radius 2 is 1.97 bits per heavy atom. The fraction of sp³-hybridized carbons (Fsp3) is 0.417. The first-order chi connectivity index (χ1) is 14.5. The molecule has 31 heavy (non-hydrogen) atoms. The predicted octanol–water partition coefficient (Wildman–Crippen LogP) is 4.87. The lowest BCUT2D eigenvalue weighted by molar-refractivity contribution is 0.0898. The van der Waals surface area contributed by atoms with Crippen molar-refractivity contribution in [1.29, 1.82) is 0 Å². The Morgan fingerprint density at radius 3 is 2.61 bits per heavy atom. The molecule has 0 radical (unpaired) electrons. The molecule has 0 unspecified atom stereocenters. The number of amides is 1. The molecule has 3 aromatic heterocycles. The van der Waals surface area contributed by atoms with Gasteiger partial charge in [-0.15, -0.1) is 0 Å². The van der Waals surface area contributed by atoms with Crippen LogP contribution in [0.3, 0.4) is 0 Å². The molecule has 0 spiro atoms. The first-order valence-corrected chi connectivity index (χ1v) is 10.4. The maximum Gasteiger partial charge on any atom is 0.292 e. The molecule has 162 valence electrons. The van der Waals surface area contributed by atoms with E-state index in [-0.39, 0.29) is 22.4 Å². The molecule has 0 aliphatic heterocycles. The number of nitrogens with one attached hydrogen (secondary N) is 1. The van der Waals surface area contributed by atoms with Crippen molar-refractivity contribution in [3.63, 3.8) is 0 Å². The third-order valence-electron chi connectivity index (χ3n) is 5.57. The van der Waals surface area contributed by atoms with Gasteiger partial charge < -0.3 is 9.73 Å². The van der Waals surface area contributed by atoms with Crippen molar-refractivity contribution in [2.45, 2.75) is 59.8 Å². The summed E-state index contributed by atoms with van der Waals surface area (Å²) in [6, 6.07) is 7.36. The Morgan fingerprint density at radius 1 is 1.23 bits per heavy atom. The first-order valence-electron chi connectivity index (χ1n) is 10.4. The molecule has 7 nitrogen and oxygen atoms in total. The lowest BCUT2D eigenvalue weighted by atomic mass is 9.76. The number of hydrogen-bond donors (Lipinski definition) is 1. The number of fused-ring (bicyclic) bond motifs is 1. The minimum absolute atomic E-state index is 0.0279. The molecular formula is C24H28N4O3. The summed E-state index contributed by atoms with van der Waals surface area (Å²) in [5, 5.41) is 7.59. The predicted molar refractivity (Wildman–Crippen MR) is 118 cm³/mol. The number of carbonyl (C=O) groups is 2. The van der Waals surface area contributed by atoms with E-state index in [1.165, 1.54) is 0 Å². The maximum atomic E-state index is 13.2. The second-order valence-electron chi connectivity index (χ2n) is 10.0. The van der Waals surface area contributed by atoms with Gasteiger partial charge in [0.15, 0.2) is 17.4 Å². The molecule has 1 aliphatic rings. The molecule has 0 bridgehead atoms. The standard InChI is InChI=1S/C24H28N4O3/c1-14-20-15(29)12-24(5,6)13-16(20)31-21(14)22(30)26-19-11-17(23(2,3)4)27-28(19)18-9-7-8-10-25-18/h7-11H,12-13H2,1-6H3,(H,26,30). The zero-order chi connectivity index (χ0) is 22.6. The molecule has 3 aromatic rings. The van der Waals surface area contributed by atoms with Gasteiger partial charge in [0.25, 0.3) is 5.91 Å². The second kappa shape index (κ2) is 7.18. The topological polar surface area (TPSA) is 90.0 Å². The third-order valence-corrected chi connectivity index (χ3v) is 5.57. The molecular weight excluding hydrogens is 392 g/mol. The minimum Gasteiger partial charge on any atom is -0.455 e. The van der Waals surface area contributed by atoms with E-state index < -0.39 is 5.91 Å². The van der Waals surface area contributed by atoms with Crippen molar-refractivity contribution in [2.24, 2.45) is 5.41 Å². The van der Waals surface area contributed by atoms with Gasteiger partial charge in [0, 0.05) is 36.1 Å². The number of anilines is 1. The van der Waals surface area contributed by atoms with Gasteiger partial charge in [0.2, 0.25) is 0 Å². The van der Waals surface area contributed by atoms with E-state index in [1.807, 2.05) is 38.1 Å². The highest BCUT2D eigenvalue weighted by atomic mass is 16.4. The van der Waals surface area contributed by atoms with Crippen LogP contribution >= 0.6 is 0 Å². The van der Waals surface area contributed by atoms with E-state index in [0.29, 0.717) is 41.4 Å². The number of furan rings is 1. The summed E-state index contributed by atoms with van der Waals surface area (Å²) in [6.07, 6.45) is 2.75. The molecule has 0 saturated carbocycles. The van der Waals surface area contributed by atoms with Crippen molar-refractivity contribution in [2.75, 3.05) is 5.32 Å². The highest BCUT2D eigenvalue weighted by Gasteiger charge is 2.37. The summed E-state index contributed by atoms with van der Waals surface area (Å²) in [7, 11) is 0. The number of rotatable bonds is 3. The molecule has 0 atom stereocenters. The van der Waals surface area contributed by atoms with Crippen molar-refractivity contribution in [3.8, 4) is 5.82 Å². The summed E-state index contributed by atoms with van der Waals surface area (Å²) in [4.78, 5) is 30.2. The SMILES string of the molecule is Cc1c(C(=O)Nc2cc(C(C)(C)C)nn2-c2ccccn2)oc2c1C(=O)CC(C)(C)C2. The smallest absolute Gasteiger partial charge is 0.292 e. The molecule has 7 heteroatoms. The van der Waals surface area contributed by atoms with Crippen LogP contribution in [0.25, 0.3) is 5.82 Å². The van der Waals surface area contributed by atoms with Crippen LogP contribution in [0.4, 0.5) is 5.82 Å². The molecule has 1 amide bonds. The average molecular weight is 421 g/mol. The number of nitrogens with zero attached hydrogens (tertiary/aromatic N) is 3. The molecule has 0 saturated heterocycles. The quantitative estimate of drug-likeness (QED) is 0.653. The van der Waals surface area contributed by atoms with E-state index >= 15 is 0 Å². The highest BCUT2D eigenvalue weighted by Crippen LogP contribution is 2.38. The van der Waals surface area contributed by atoms with Gasteiger partial charge in [0.05, 0.1) is 11.3 Å². The first kappa shape index (κ1) is 21.0. The molecule has 0 aromatic carbocycles. The molecule has 3 heterocycles. The number of hydrogen-bond acceptors (Lipinski definition) is 5. The second-order valence-corrected chi connectivity index (χ2v) is 10.0. The van der Waals surface area contributed by atoms with E-state index in [2.05, 4.69) is 36.2 Å². The normalized spacial score (nSPS) is 15.6. The van der Waals surface area contributed by atoms with E-state index in [0.717, 1.165) is 5.69 Å². The van der Waals surface area contributed by atoms with Gasteiger partial charge in [0.1, 0.15) is 11.6 Å². The third kappa shape index (κ3) is 3.92. The van der Waals surface area contributed by atoms with Gasteiger partial charge in [-0.1, -0.05) is 40.7 Å². The summed E-state index contributed by atoms with van der Waals surface area (Å²) in [6.45, 7) is 12.0. The number of Topliss-reactive ketones (excluding diaryl/α,β-unsaturated/α-hetero) is 1. The Bertz CT molecular complexity index is 1160. The highest BCUT2D eigenvalue weighted by molar-refractivity contribution is 6.07. The number of pyridine rings is 1. The van der Waals surface area contributed by atoms with Crippen LogP contribution in [-0.4, -0.2) is 26.5 Å². The van der Waals surface area contributed by atoms with E-state index in [1.54, 1.807) is 17.8 Å². The van der Waals surface area contributed by atoms with Crippen molar-refractivity contribution in [1.82, 2.24) is 14.8 Å². The van der Waals surface area contributed by atoms with Crippen molar-refractivity contribution < 1.29 is 14.0 Å². The van der Waals surface area contributed by atoms with Crippen LogP contribution in [0.1, 0.15) is 79.0 Å². The molecule has 4 rings (SSSR count). The molecule has 0 fully saturated rings. The fourth-order valence-electron chi connectivity index (χ4n) is 3.96. The number of ketones is 1. The van der Waals surface area contributed by atoms with Gasteiger partial charge in [-0.2, -0.15) is 9.78 Å². The number of aromatic nitrogens is 3. The van der Waals surface area contributed by atoms with Gasteiger partial charge in [-0.25, -0.2) is 4.98 Å². The Labute approximate surface area is 181 Å². The summed E-state index contributed by atoms with van der Waals surface area (Å²) >= 11 is 0. The summed E-state index contributed by atoms with van der Waals surface area (Å²) < 4.78 is 7.53. The largest absolute Gasteiger partial charge is 0.455 e. The molecule has 1 N–H and O–H groups in total.